The molecule has 20 heteroatoms. The first-order chi connectivity index (χ1) is 12.0. The third-order valence-electron chi connectivity index (χ3n) is 3.09. The van der Waals surface area contributed by atoms with Gasteiger partial charge in [0.15, 0.2) is 0 Å². The lowest BCUT2D eigenvalue weighted by Crippen LogP contribution is -2.75. The van der Waals surface area contributed by atoms with Gasteiger partial charge in [-0.3, -0.25) is 0 Å². The zero-order chi connectivity index (χ0) is 24.5. The van der Waals surface area contributed by atoms with Crippen LogP contribution >= 0.6 is 0 Å². The lowest BCUT2D eigenvalue weighted by Gasteiger charge is -2.42. The van der Waals surface area contributed by atoms with Crippen LogP contribution in [0.25, 0.3) is 0 Å². The predicted molar refractivity (Wildman–Crippen MR) is 46.3 cm³/mol. The Morgan fingerprint density at radius 1 is 0.276 bits per heavy atom. The Kier molecular flexibility index (Phi) is 6.02. The zero-order valence-electron chi connectivity index (χ0n) is 12.1. The summed E-state index contributed by atoms with van der Waals surface area (Å²) in [5.74, 6) is -60.9. The van der Waals surface area contributed by atoms with E-state index < -0.39 is 53.7 Å². The molecule has 0 aromatic heterocycles. The normalized spacial score (nSPS) is 17.0. The van der Waals surface area contributed by atoms with Gasteiger partial charge in [0.05, 0.1) is 0 Å². The Hall–Kier alpha value is -1.37. The summed E-state index contributed by atoms with van der Waals surface area (Å²) in [6.07, 6.45) is -15.6. The number of alkyl halides is 19. The van der Waals surface area contributed by atoms with Crippen LogP contribution in [-0.4, -0.2) is 53.7 Å². The first kappa shape index (κ1) is 27.6. The molecule has 0 spiro atoms. The highest BCUT2D eigenvalue weighted by Gasteiger charge is 2.96. The van der Waals surface area contributed by atoms with E-state index in [9.17, 15) is 88.5 Å². The van der Waals surface area contributed by atoms with Crippen molar-refractivity contribution < 1.29 is 88.5 Å². The molecule has 0 aromatic rings. The summed E-state index contributed by atoms with van der Waals surface area (Å²) in [5.41, 5.74) is 0. The van der Waals surface area contributed by atoms with Crippen molar-refractivity contribution in [3.05, 3.63) is 0 Å². The quantitative estimate of drug-likeness (QED) is 0.394. The Labute approximate surface area is 144 Å². The smallest absolute Gasteiger partial charge is 0.192 e. The molecule has 0 aromatic carbocycles. The van der Waals surface area contributed by atoms with Gasteiger partial charge in [-0.05, 0) is 0 Å². The monoisotopic (exact) mass is 485 g/mol. The van der Waals surface area contributed by atoms with Crippen molar-refractivity contribution in [2.45, 2.75) is 53.7 Å². The Bertz CT molecular complexity index is 554. The summed E-state index contributed by atoms with van der Waals surface area (Å²) < 4.78 is 237. The molecule has 0 rings (SSSR count). The summed E-state index contributed by atoms with van der Waals surface area (Å²) in [6.45, 7) is 0. The molecule has 0 heterocycles. The van der Waals surface area contributed by atoms with Crippen LogP contribution in [0.15, 0.2) is 0 Å². The van der Waals surface area contributed by atoms with Gasteiger partial charge in [0, 0.05) is 0 Å². The SMILES string of the molecule is [O]C(F)(F)C(F)(F)C(F)(F)C(F)(F)C(F)(F)C(F)(F)C(F)(F)C(F)(F)C(F)(F)F. The average Bonchev–Trinajstić information content (AvgIpc) is 2.43. The summed E-state index contributed by atoms with van der Waals surface area (Å²) in [7, 11) is 0. The summed E-state index contributed by atoms with van der Waals surface area (Å²) in [5, 5.41) is 9.54. The molecule has 175 valence electrons. The maximum atomic E-state index is 13.0. The Morgan fingerprint density at radius 3 is 0.621 bits per heavy atom. The van der Waals surface area contributed by atoms with Crippen LogP contribution < -0.4 is 0 Å². The fraction of sp³-hybridized carbons (Fsp3) is 1.00. The molecule has 0 saturated carbocycles. The minimum absolute atomic E-state index is 7.68. The molecule has 29 heavy (non-hydrogen) atoms. The molecular weight excluding hydrogens is 485 g/mol. The van der Waals surface area contributed by atoms with Crippen LogP contribution in [-0.2, 0) is 5.11 Å². The number of rotatable bonds is 7. The maximum Gasteiger partial charge on any atom is 0.460 e. The predicted octanol–water partition coefficient (Wildman–Crippen LogP) is 6.02. The van der Waals surface area contributed by atoms with Crippen molar-refractivity contribution >= 4 is 0 Å². The highest BCUT2D eigenvalue weighted by atomic mass is 19.4. The largest absolute Gasteiger partial charge is 0.460 e. The van der Waals surface area contributed by atoms with Gasteiger partial charge >= 0.3 is 53.7 Å². The van der Waals surface area contributed by atoms with Gasteiger partial charge in [-0.1, -0.05) is 0 Å². The van der Waals surface area contributed by atoms with Gasteiger partial charge in [0.2, 0.25) is 0 Å². The lowest BCUT2D eigenvalue weighted by atomic mass is 9.88. The molecule has 0 aliphatic rings. The molecule has 0 atom stereocenters. The van der Waals surface area contributed by atoms with Gasteiger partial charge in [0.25, 0.3) is 0 Å². The van der Waals surface area contributed by atoms with Crippen molar-refractivity contribution in [3.8, 4) is 0 Å². The van der Waals surface area contributed by atoms with Crippen LogP contribution in [0.1, 0.15) is 0 Å². The standard InChI is InChI=1S/C9F19O/c10-1(11,2(12,13)4(16,17)6(20,21)8(24,25)26)3(14,15)5(18,19)7(22,23)9(27,28)29. The molecule has 0 unspecified atom stereocenters. The van der Waals surface area contributed by atoms with Crippen molar-refractivity contribution in [3.63, 3.8) is 0 Å². The van der Waals surface area contributed by atoms with E-state index in [-0.39, 0.29) is 0 Å². The fourth-order valence-electron chi connectivity index (χ4n) is 1.35. The van der Waals surface area contributed by atoms with E-state index >= 15 is 0 Å². The number of hydrogen-bond acceptors (Lipinski definition) is 0. The van der Waals surface area contributed by atoms with Gasteiger partial charge in [-0.15, -0.1) is 0 Å². The second-order valence-electron chi connectivity index (χ2n) is 5.04. The highest BCUT2D eigenvalue weighted by Crippen LogP contribution is 2.64. The molecule has 0 bridgehead atoms. The van der Waals surface area contributed by atoms with Crippen LogP contribution in [0.2, 0.25) is 0 Å². The zero-order valence-corrected chi connectivity index (χ0v) is 12.1. The maximum absolute atomic E-state index is 13.0. The molecule has 0 fully saturated rings. The molecule has 1 nitrogen and oxygen atoms in total. The second-order valence-corrected chi connectivity index (χ2v) is 5.04. The Morgan fingerprint density at radius 2 is 0.448 bits per heavy atom. The molecule has 0 aliphatic carbocycles. The lowest BCUT2D eigenvalue weighted by molar-refractivity contribution is -0.483. The van der Waals surface area contributed by atoms with E-state index in [2.05, 4.69) is 0 Å². The third-order valence-corrected chi connectivity index (χ3v) is 3.09. The minimum atomic E-state index is -8.99. The summed E-state index contributed by atoms with van der Waals surface area (Å²) in [6, 6.07) is 0. The summed E-state index contributed by atoms with van der Waals surface area (Å²) in [4.78, 5) is 0. The first-order valence-corrected chi connectivity index (χ1v) is 5.79. The third kappa shape index (κ3) is 3.24. The average molecular weight is 485 g/mol. The van der Waals surface area contributed by atoms with Crippen molar-refractivity contribution in [1.82, 2.24) is 0 Å². The van der Waals surface area contributed by atoms with Crippen LogP contribution in [0.3, 0.4) is 0 Å². The first-order valence-electron chi connectivity index (χ1n) is 5.79. The molecule has 0 N–H and O–H groups in total. The van der Waals surface area contributed by atoms with Gasteiger partial charge in [-0.2, -0.15) is 88.5 Å². The number of halogens is 19. The molecule has 0 amide bonds. The van der Waals surface area contributed by atoms with Crippen LogP contribution in [0.5, 0.6) is 0 Å². The van der Waals surface area contributed by atoms with Crippen molar-refractivity contribution in [2.75, 3.05) is 0 Å². The van der Waals surface area contributed by atoms with E-state index in [1.807, 2.05) is 0 Å². The van der Waals surface area contributed by atoms with E-state index in [0.717, 1.165) is 0 Å². The van der Waals surface area contributed by atoms with E-state index in [4.69, 9.17) is 0 Å². The molecule has 0 aliphatic heterocycles. The second kappa shape index (κ2) is 6.32. The van der Waals surface area contributed by atoms with Crippen LogP contribution in [0, 0.1) is 0 Å². The Balaban J connectivity index is 6.82. The summed E-state index contributed by atoms with van der Waals surface area (Å²) >= 11 is 0. The van der Waals surface area contributed by atoms with Crippen molar-refractivity contribution in [1.29, 1.82) is 0 Å². The van der Waals surface area contributed by atoms with Crippen LogP contribution in [0.4, 0.5) is 83.4 Å². The van der Waals surface area contributed by atoms with E-state index in [0.29, 0.717) is 0 Å². The minimum Gasteiger partial charge on any atom is -0.192 e. The molecular formula is C9F19O. The van der Waals surface area contributed by atoms with E-state index in [1.54, 1.807) is 0 Å². The topological polar surface area (TPSA) is 19.9 Å². The van der Waals surface area contributed by atoms with E-state index in [1.165, 1.54) is 0 Å². The fourth-order valence-corrected chi connectivity index (χ4v) is 1.35. The van der Waals surface area contributed by atoms with Crippen molar-refractivity contribution in [2.24, 2.45) is 0 Å². The number of hydrogen-bond donors (Lipinski definition) is 0. The molecule has 1 radical (unpaired) electrons. The van der Waals surface area contributed by atoms with Gasteiger partial charge in [0.1, 0.15) is 0 Å². The highest BCUT2D eigenvalue weighted by molar-refractivity contribution is 5.15. The van der Waals surface area contributed by atoms with Gasteiger partial charge in [-0.25, -0.2) is 0 Å². The van der Waals surface area contributed by atoms with Gasteiger partial charge < -0.3 is 0 Å². The molecule has 0 saturated heterocycles.